The molecule has 126 valence electrons. The molecule has 0 radical (unpaired) electrons. The first kappa shape index (κ1) is 17.2. The fourth-order valence-electron chi connectivity index (χ4n) is 2.63. The van der Waals surface area contributed by atoms with Crippen molar-refractivity contribution in [3.8, 4) is 11.5 Å². The molecule has 0 spiro atoms. The van der Waals surface area contributed by atoms with E-state index in [4.69, 9.17) is 9.47 Å². The van der Waals surface area contributed by atoms with Gasteiger partial charge >= 0.3 is 12.1 Å². The number of benzene rings is 1. The molecule has 1 atom stereocenters. The number of carboxylic acids is 1. The molecule has 7 heteroatoms. The number of aliphatic carboxylic acids is 1. The van der Waals surface area contributed by atoms with E-state index in [-0.39, 0.29) is 18.1 Å². The SMILES string of the molecule is CCOc1ccc(C)c2c1OC(CC)(C(F)(F)F)C(C(=O)O)=C2. The Labute approximate surface area is 131 Å². The van der Waals surface area contributed by atoms with Gasteiger partial charge in [-0.05, 0) is 38.0 Å². The molecule has 0 saturated heterocycles. The van der Waals surface area contributed by atoms with E-state index >= 15 is 0 Å². The van der Waals surface area contributed by atoms with Gasteiger partial charge in [0, 0.05) is 5.56 Å². The summed E-state index contributed by atoms with van der Waals surface area (Å²) in [6.45, 7) is 4.86. The zero-order valence-corrected chi connectivity index (χ0v) is 13.0. The lowest BCUT2D eigenvalue weighted by molar-refractivity contribution is -0.236. The lowest BCUT2D eigenvalue weighted by Gasteiger charge is -2.39. The molecule has 0 bridgehead atoms. The van der Waals surface area contributed by atoms with Crippen LogP contribution in [-0.4, -0.2) is 29.5 Å². The molecule has 0 saturated carbocycles. The smallest absolute Gasteiger partial charge is 0.432 e. The van der Waals surface area contributed by atoms with Crippen LogP contribution in [0.15, 0.2) is 17.7 Å². The molecule has 1 heterocycles. The molecule has 1 aliphatic rings. The number of halogens is 3. The second kappa shape index (κ2) is 5.79. The van der Waals surface area contributed by atoms with Gasteiger partial charge in [0.05, 0.1) is 12.2 Å². The number of carbonyl (C=O) groups is 1. The Hall–Kier alpha value is -2.18. The molecule has 23 heavy (non-hydrogen) atoms. The van der Waals surface area contributed by atoms with E-state index < -0.39 is 29.7 Å². The van der Waals surface area contributed by atoms with Crippen molar-refractivity contribution < 1.29 is 32.5 Å². The molecular formula is C16H17F3O4. The highest BCUT2D eigenvalue weighted by Gasteiger charge is 2.62. The van der Waals surface area contributed by atoms with E-state index in [9.17, 15) is 23.1 Å². The number of hydrogen-bond acceptors (Lipinski definition) is 3. The number of alkyl halides is 3. The summed E-state index contributed by atoms with van der Waals surface area (Å²) in [5, 5.41) is 9.28. The van der Waals surface area contributed by atoms with E-state index in [0.717, 1.165) is 6.08 Å². The minimum atomic E-state index is -4.88. The maximum absolute atomic E-state index is 13.6. The average molecular weight is 330 g/mol. The summed E-state index contributed by atoms with van der Waals surface area (Å²) in [6.07, 6.45) is -4.40. The first-order valence-corrected chi connectivity index (χ1v) is 7.15. The molecular weight excluding hydrogens is 313 g/mol. The third-order valence-electron chi connectivity index (χ3n) is 3.86. The Morgan fingerprint density at radius 2 is 2.00 bits per heavy atom. The number of ether oxygens (including phenoxy) is 2. The molecule has 0 aromatic heterocycles. The summed E-state index contributed by atoms with van der Waals surface area (Å²) in [5.74, 6) is -1.57. The van der Waals surface area contributed by atoms with Crippen molar-refractivity contribution in [2.45, 2.75) is 39.0 Å². The minimum absolute atomic E-state index is 0.0731. The Bertz CT molecular complexity index is 664. The molecule has 2 rings (SSSR count). The highest BCUT2D eigenvalue weighted by Crippen LogP contribution is 2.50. The Morgan fingerprint density at radius 1 is 1.35 bits per heavy atom. The van der Waals surface area contributed by atoms with Gasteiger partial charge in [-0.3, -0.25) is 0 Å². The van der Waals surface area contributed by atoms with Crippen LogP contribution in [0.25, 0.3) is 6.08 Å². The molecule has 1 N–H and O–H groups in total. The van der Waals surface area contributed by atoms with Crippen LogP contribution < -0.4 is 9.47 Å². The number of fused-ring (bicyclic) bond motifs is 1. The normalized spacial score (nSPS) is 20.3. The van der Waals surface area contributed by atoms with Crippen LogP contribution in [0.3, 0.4) is 0 Å². The summed E-state index contributed by atoms with van der Waals surface area (Å²) >= 11 is 0. The second-order valence-electron chi connectivity index (χ2n) is 5.20. The number of rotatable bonds is 4. The monoisotopic (exact) mass is 330 g/mol. The van der Waals surface area contributed by atoms with Crippen LogP contribution in [0.2, 0.25) is 0 Å². The van der Waals surface area contributed by atoms with Gasteiger partial charge in [-0.1, -0.05) is 13.0 Å². The summed E-state index contributed by atoms with van der Waals surface area (Å²) in [5.41, 5.74) is -2.82. The highest BCUT2D eigenvalue weighted by molar-refractivity contribution is 5.97. The lowest BCUT2D eigenvalue weighted by Crippen LogP contribution is -2.54. The third-order valence-corrected chi connectivity index (χ3v) is 3.86. The van der Waals surface area contributed by atoms with Gasteiger partial charge in [-0.2, -0.15) is 13.2 Å². The number of carboxylic acid groups (broad SMARTS) is 1. The molecule has 1 aromatic rings. The fraction of sp³-hybridized carbons (Fsp3) is 0.438. The first-order chi connectivity index (χ1) is 10.7. The molecule has 0 amide bonds. The van der Waals surface area contributed by atoms with Gasteiger partial charge in [-0.15, -0.1) is 0 Å². The molecule has 1 aliphatic heterocycles. The van der Waals surface area contributed by atoms with E-state index in [0.29, 0.717) is 11.1 Å². The maximum Gasteiger partial charge on any atom is 0.432 e. The van der Waals surface area contributed by atoms with Crippen molar-refractivity contribution in [2.75, 3.05) is 6.61 Å². The van der Waals surface area contributed by atoms with Gasteiger partial charge in [0.25, 0.3) is 0 Å². The highest BCUT2D eigenvalue weighted by atomic mass is 19.4. The fourth-order valence-corrected chi connectivity index (χ4v) is 2.63. The molecule has 0 fully saturated rings. The number of aryl methyl sites for hydroxylation is 1. The van der Waals surface area contributed by atoms with Crippen LogP contribution in [0.1, 0.15) is 31.4 Å². The Morgan fingerprint density at radius 3 is 2.48 bits per heavy atom. The van der Waals surface area contributed by atoms with Crippen molar-refractivity contribution >= 4 is 12.0 Å². The minimum Gasteiger partial charge on any atom is -0.490 e. The van der Waals surface area contributed by atoms with Crippen LogP contribution in [0, 0.1) is 6.92 Å². The largest absolute Gasteiger partial charge is 0.490 e. The van der Waals surface area contributed by atoms with Gasteiger partial charge in [-0.25, -0.2) is 4.79 Å². The molecule has 1 unspecified atom stereocenters. The predicted octanol–water partition coefficient (Wildman–Crippen LogP) is 3.97. The van der Waals surface area contributed by atoms with Crippen LogP contribution in [0.5, 0.6) is 11.5 Å². The second-order valence-corrected chi connectivity index (χ2v) is 5.20. The average Bonchev–Trinajstić information content (AvgIpc) is 2.47. The molecule has 0 aliphatic carbocycles. The molecule has 1 aromatic carbocycles. The van der Waals surface area contributed by atoms with E-state index in [1.165, 1.54) is 13.0 Å². The Kier molecular flexibility index (Phi) is 4.32. The first-order valence-electron chi connectivity index (χ1n) is 7.15. The van der Waals surface area contributed by atoms with Gasteiger partial charge < -0.3 is 14.6 Å². The van der Waals surface area contributed by atoms with Crippen molar-refractivity contribution in [3.63, 3.8) is 0 Å². The summed E-state index contributed by atoms with van der Waals surface area (Å²) in [7, 11) is 0. The lowest BCUT2D eigenvalue weighted by atomic mass is 9.85. The van der Waals surface area contributed by atoms with Gasteiger partial charge in [0.15, 0.2) is 11.5 Å². The van der Waals surface area contributed by atoms with Crippen LogP contribution >= 0.6 is 0 Å². The summed E-state index contributed by atoms with van der Waals surface area (Å²) < 4.78 is 51.6. The van der Waals surface area contributed by atoms with Gasteiger partial charge in [0.1, 0.15) is 0 Å². The standard InChI is InChI=1S/C16H17F3O4/c1-4-15(16(17,18)19)11(14(20)21)8-10-9(3)6-7-12(22-5-2)13(10)23-15/h6-8H,4-5H2,1-3H3,(H,20,21). The quantitative estimate of drug-likeness (QED) is 0.908. The summed E-state index contributed by atoms with van der Waals surface area (Å²) in [4.78, 5) is 11.4. The topological polar surface area (TPSA) is 55.8 Å². The van der Waals surface area contributed by atoms with E-state index in [2.05, 4.69) is 0 Å². The van der Waals surface area contributed by atoms with Gasteiger partial charge in [0.2, 0.25) is 5.60 Å². The van der Waals surface area contributed by atoms with Crippen LogP contribution in [-0.2, 0) is 4.79 Å². The maximum atomic E-state index is 13.6. The summed E-state index contributed by atoms with van der Waals surface area (Å²) in [6, 6.07) is 3.17. The van der Waals surface area contributed by atoms with E-state index in [1.54, 1.807) is 19.9 Å². The zero-order valence-electron chi connectivity index (χ0n) is 13.0. The molecule has 4 nitrogen and oxygen atoms in total. The Balaban J connectivity index is 2.77. The van der Waals surface area contributed by atoms with Crippen molar-refractivity contribution in [3.05, 3.63) is 28.8 Å². The van der Waals surface area contributed by atoms with Crippen molar-refractivity contribution in [2.24, 2.45) is 0 Å². The zero-order chi connectivity index (χ0) is 17.4. The number of hydrogen-bond donors (Lipinski definition) is 1. The van der Waals surface area contributed by atoms with Crippen molar-refractivity contribution in [1.29, 1.82) is 0 Å². The van der Waals surface area contributed by atoms with Crippen LogP contribution in [0.4, 0.5) is 13.2 Å². The van der Waals surface area contributed by atoms with Crippen molar-refractivity contribution in [1.82, 2.24) is 0 Å². The predicted molar refractivity (Wildman–Crippen MR) is 77.7 cm³/mol. The third kappa shape index (κ3) is 2.64. The van der Waals surface area contributed by atoms with E-state index in [1.807, 2.05) is 0 Å².